The molecule has 1 fully saturated rings. The van der Waals surface area contributed by atoms with Gasteiger partial charge in [0.1, 0.15) is 0 Å². The van der Waals surface area contributed by atoms with E-state index in [1.54, 1.807) is 0 Å². The van der Waals surface area contributed by atoms with Crippen molar-refractivity contribution in [1.29, 1.82) is 0 Å². The first-order chi connectivity index (χ1) is 10.7. The molecule has 0 saturated heterocycles. The van der Waals surface area contributed by atoms with Crippen molar-refractivity contribution in [1.82, 2.24) is 4.57 Å². The average molecular weight is 299 g/mol. The van der Waals surface area contributed by atoms with Crippen LogP contribution in [0.3, 0.4) is 0 Å². The van der Waals surface area contributed by atoms with Crippen molar-refractivity contribution in [3.05, 3.63) is 30.5 Å². The molecule has 2 unspecified atom stereocenters. The van der Waals surface area contributed by atoms with Crippen LogP contribution in [0.4, 0.5) is 5.69 Å². The first-order valence-corrected chi connectivity index (χ1v) is 8.32. The summed E-state index contributed by atoms with van der Waals surface area (Å²) in [5, 5.41) is 4.23. The lowest BCUT2D eigenvalue weighted by Gasteiger charge is -2.25. The highest BCUT2D eigenvalue weighted by molar-refractivity contribution is 5.95. The fraction of sp³-hybridized carbons (Fsp3) is 0.500. The summed E-state index contributed by atoms with van der Waals surface area (Å²) in [4.78, 5) is 12.4. The lowest BCUT2D eigenvalue weighted by Crippen LogP contribution is -2.34. The van der Waals surface area contributed by atoms with Crippen LogP contribution in [0.5, 0.6) is 0 Å². The van der Waals surface area contributed by atoms with Crippen LogP contribution in [0.1, 0.15) is 39.0 Å². The molecule has 1 amide bonds. The number of carbonyl (C=O) groups excluding carboxylic acids is 1. The molecule has 0 bridgehead atoms. The zero-order valence-corrected chi connectivity index (χ0v) is 13.2. The third-order valence-corrected chi connectivity index (χ3v) is 4.59. The molecular formula is C18H25N3O. The SMILES string of the molecule is CCCn1ccc2cc(NC(=O)C3CCCC(N)C3)ccc21. The maximum atomic E-state index is 12.4. The van der Waals surface area contributed by atoms with Crippen LogP contribution in [0.25, 0.3) is 10.9 Å². The highest BCUT2D eigenvalue weighted by Gasteiger charge is 2.25. The van der Waals surface area contributed by atoms with Crippen LogP contribution in [0.15, 0.2) is 30.5 Å². The third-order valence-electron chi connectivity index (χ3n) is 4.59. The molecule has 3 N–H and O–H groups in total. The predicted molar refractivity (Wildman–Crippen MR) is 90.8 cm³/mol. The number of fused-ring (bicyclic) bond motifs is 1. The lowest BCUT2D eigenvalue weighted by molar-refractivity contribution is -0.120. The Labute approximate surface area is 131 Å². The second-order valence-electron chi connectivity index (χ2n) is 6.40. The van der Waals surface area contributed by atoms with Gasteiger partial charge in [-0.15, -0.1) is 0 Å². The van der Waals surface area contributed by atoms with Crippen LogP contribution < -0.4 is 11.1 Å². The summed E-state index contributed by atoms with van der Waals surface area (Å²) in [5.41, 5.74) is 8.08. The molecule has 4 nitrogen and oxygen atoms in total. The van der Waals surface area contributed by atoms with Gasteiger partial charge in [0, 0.05) is 41.3 Å². The van der Waals surface area contributed by atoms with Crippen LogP contribution in [0, 0.1) is 5.92 Å². The topological polar surface area (TPSA) is 60.0 Å². The highest BCUT2D eigenvalue weighted by atomic mass is 16.1. The maximum absolute atomic E-state index is 12.4. The van der Waals surface area contributed by atoms with Crippen LogP contribution in [-0.2, 0) is 11.3 Å². The Kier molecular flexibility index (Phi) is 4.48. The van der Waals surface area contributed by atoms with E-state index in [9.17, 15) is 4.79 Å². The molecule has 0 aliphatic heterocycles. The Bertz CT molecular complexity index is 661. The van der Waals surface area contributed by atoms with E-state index in [1.165, 1.54) is 10.9 Å². The van der Waals surface area contributed by atoms with Crippen molar-refractivity contribution in [3.8, 4) is 0 Å². The number of rotatable bonds is 4. The first-order valence-electron chi connectivity index (χ1n) is 8.32. The third kappa shape index (κ3) is 3.17. The van der Waals surface area contributed by atoms with E-state index in [2.05, 4.69) is 41.2 Å². The molecule has 1 heterocycles. The molecule has 0 radical (unpaired) electrons. The maximum Gasteiger partial charge on any atom is 0.227 e. The summed E-state index contributed by atoms with van der Waals surface area (Å²) in [6, 6.07) is 8.43. The Morgan fingerprint density at radius 1 is 1.36 bits per heavy atom. The summed E-state index contributed by atoms with van der Waals surface area (Å²) >= 11 is 0. The molecule has 1 aromatic carbocycles. The summed E-state index contributed by atoms with van der Waals surface area (Å²) in [7, 11) is 0. The number of nitrogens with zero attached hydrogens (tertiary/aromatic N) is 1. The van der Waals surface area contributed by atoms with Gasteiger partial charge < -0.3 is 15.6 Å². The molecule has 1 saturated carbocycles. The molecule has 4 heteroatoms. The summed E-state index contributed by atoms with van der Waals surface area (Å²) in [6.07, 6.45) is 7.08. The van der Waals surface area contributed by atoms with Gasteiger partial charge in [-0.1, -0.05) is 13.3 Å². The Morgan fingerprint density at radius 3 is 3.00 bits per heavy atom. The predicted octanol–water partition coefficient (Wildman–Crippen LogP) is 3.51. The first kappa shape index (κ1) is 15.1. The molecular weight excluding hydrogens is 274 g/mol. The van der Waals surface area contributed by atoms with Gasteiger partial charge in [0.25, 0.3) is 0 Å². The monoisotopic (exact) mass is 299 g/mol. The Morgan fingerprint density at radius 2 is 2.23 bits per heavy atom. The second-order valence-corrected chi connectivity index (χ2v) is 6.40. The molecule has 1 aliphatic carbocycles. The molecule has 1 aliphatic rings. The second kappa shape index (κ2) is 6.53. The zero-order valence-electron chi connectivity index (χ0n) is 13.2. The van der Waals surface area contributed by atoms with Crippen molar-refractivity contribution < 1.29 is 4.79 Å². The van der Waals surface area contributed by atoms with E-state index in [0.29, 0.717) is 0 Å². The van der Waals surface area contributed by atoms with E-state index in [-0.39, 0.29) is 17.9 Å². The minimum Gasteiger partial charge on any atom is -0.347 e. The summed E-state index contributed by atoms with van der Waals surface area (Å²) < 4.78 is 2.25. The van der Waals surface area contributed by atoms with Gasteiger partial charge in [0.2, 0.25) is 5.91 Å². The number of aromatic nitrogens is 1. The van der Waals surface area contributed by atoms with Crippen molar-refractivity contribution >= 4 is 22.5 Å². The number of amides is 1. The molecule has 1 aromatic heterocycles. The van der Waals surface area contributed by atoms with Gasteiger partial charge >= 0.3 is 0 Å². The van der Waals surface area contributed by atoms with E-state index in [1.807, 2.05) is 6.07 Å². The zero-order chi connectivity index (χ0) is 15.5. The highest BCUT2D eigenvalue weighted by Crippen LogP contribution is 2.26. The van der Waals surface area contributed by atoms with Gasteiger partial charge in [-0.3, -0.25) is 4.79 Å². The van der Waals surface area contributed by atoms with Crippen LogP contribution >= 0.6 is 0 Å². The lowest BCUT2D eigenvalue weighted by atomic mass is 9.85. The number of hydrogen-bond donors (Lipinski definition) is 2. The van der Waals surface area contributed by atoms with Crippen molar-refractivity contribution in [2.45, 2.75) is 51.6 Å². The van der Waals surface area contributed by atoms with E-state index < -0.39 is 0 Å². The number of benzene rings is 1. The van der Waals surface area contributed by atoms with E-state index in [0.717, 1.165) is 44.3 Å². The normalized spacial score (nSPS) is 21.9. The Balaban J connectivity index is 1.72. The smallest absolute Gasteiger partial charge is 0.227 e. The van der Waals surface area contributed by atoms with Gasteiger partial charge in [0.05, 0.1) is 0 Å². The van der Waals surface area contributed by atoms with Gasteiger partial charge in [-0.25, -0.2) is 0 Å². The summed E-state index contributed by atoms with van der Waals surface area (Å²) in [5.74, 6) is 0.173. The quantitative estimate of drug-likeness (QED) is 0.907. The van der Waals surface area contributed by atoms with Crippen molar-refractivity contribution in [2.24, 2.45) is 11.7 Å². The molecule has 118 valence electrons. The number of aryl methyl sites for hydroxylation is 1. The Hall–Kier alpha value is -1.81. The van der Waals surface area contributed by atoms with E-state index >= 15 is 0 Å². The minimum atomic E-state index is 0.0594. The molecule has 2 atom stereocenters. The minimum absolute atomic E-state index is 0.0594. The van der Waals surface area contributed by atoms with E-state index in [4.69, 9.17) is 5.73 Å². The number of hydrogen-bond acceptors (Lipinski definition) is 2. The standard InChI is InChI=1S/C18H25N3O/c1-2-9-21-10-8-13-12-16(6-7-17(13)21)20-18(22)14-4-3-5-15(19)11-14/h6-8,10,12,14-15H,2-5,9,11,19H2,1H3,(H,20,22). The fourth-order valence-electron chi connectivity index (χ4n) is 3.42. The van der Waals surface area contributed by atoms with Gasteiger partial charge in [-0.2, -0.15) is 0 Å². The average Bonchev–Trinajstić information content (AvgIpc) is 2.90. The molecule has 0 spiro atoms. The number of anilines is 1. The van der Waals surface area contributed by atoms with Gasteiger partial charge in [-0.05, 0) is 49.9 Å². The molecule has 3 rings (SSSR count). The fourth-order valence-corrected chi connectivity index (χ4v) is 3.42. The largest absolute Gasteiger partial charge is 0.347 e. The summed E-state index contributed by atoms with van der Waals surface area (Å²) in [6.45, 7) is 3.20. The van der Waals surface area contributed by atoms with Crippen molar-refractivity contribution in [2.75, 3.05) is 5.32 Å². The van der Waals surface area contributed by atoms with Crippen LogP contribution in [-0.4, -0.2) is 16.5 Å². The van der Waals surface area contributed by atoms with Crippen LogP contribution in [0.2, 0.25) is 0 Å². The molecule has 22 heavy (non-hydrogen) atoms. The molecule has 2 aromatic rings. The number of nitrogens with two attached hydrogens (primary N) is 1. The van der Waals surface area contributed by atoms with Crippen molar-refractivity contribution in [3.63, 3.8) is 0 Å². The van der Waals surface area contributed by atoms with Gasteiger partial charge in [0.15, 0.2) is 0 Å². The number of nitrogens with one attached hydrogen (secondary N) is 1. The number of carbonyl (C=O) groups is 1.